The molecule has 4 rings (SSSR count). The molecule has 1 amide bonds. The summed E-state index contributed by atoms with van der Waals surface area (Å²) in [4.78, 5) is 12.3. The van der Waals surface area contributed by atoms with Crippen molar-refractivity contribution in [1.29, 1.82) is 0 Å². The number of halogens is 1. The van der Waals surface area contributed by atoms with Crippen molar-refractivity contribution in [3.8, 4) is 5.69 Å². The van der Waals surface area contributed by atoms with Crippen LogP contribution in [0.3, 0.4) is 0 Å². The van der Waals surface area contributed by atoms with Crippen LogP contribution >= 0.6 is 15.9 Å². The van der Waals surface area contributed by atoms with Crippen LogP contribution in [0.1, 0.15) is 29.2 Å². The number of carbonyl (C=O) groups excluding carboxylic acids is 1. The molecule has 2 aromatic carbocycles. The molecule has 0 aliphatic carbocycles. The number of aromatic nitrogens is 2. The summed E-state index contributed by atoms with van der Waals surface area (Å²) < 4.78 is 2.86. The Balaban J connectivity index is 1.87. The van der Waals surface area contributed by atoms with Gasteiger partial charge in [-0.25, -0.2) is 4.68 Å². The van der Waals surface area contributed by atoms with Crippen molar-refractivity contribution in [1.82, 2.24) is 9.78 Å². The average molecular weight is 382 g/mol. The van der Waals surface area contributed by atoms with Crippen LogP contribution in [0.2, 0.25) is 0 Å². The van der Waals surface area contributed by atoms with Gasteiger partial charge in [-0.05, 0) is 36.8 Å². The number of aryl methyl sites for hydroxylation is 1. The molecule has 0 spiro atoms. The van der Waals surface area contributed by atoms with Crippen LogP contribution in [0.25, 0.3) is 5.69 Å². The number of benzene rings is 2. The lowest BCUT2D eigenvalue weighted by Crippen LogP contribution is -2.24. The van der Waals surface area contributed by atoms with Gasteiger partial charge < -0.3 is 5.32 Å². The topological polar surface area (TPSA) is 46.9 Å². The molecule has 24 heavy (non-hydrogen) atoms. The highest BCUT2D eigenvalue weighted by atomic mass is 79.9. The summed E-state index contributed by atoms with van der Waals surface area (Å²) in [6.45, 7) is 2.00. The third-order valence-electron chi connectivity index (χ3n) is 4.38. The number of fused-ring (bicyclic) bond motifs is 1. The van der Waals surface area contributed by atoms with Gasteiger partial charge in [0.05, 0.1) is 11.4 Å². The van der Waals surface area contributed by atoms with E-state index in [4.69, 9.17) is 0 Å². The number of carbonyl (C=O) groups is 1. The van der Waals surface area contributed by atoms with Crippen molar-refractivity contribution in [2.45, 2.75) is 19.3 Å². The van der Waals surface area contributed by atoms with Crippen LogP contribution in [-0.2, 0) is 4.79 Å². The third-order valence-corrected chi connectivity index (χ3v) is 4.90. The normalized spacial score (nSPS) is 16.6. The van der Waals surface area contributed by atoms with Crippen molar-refractivity contribution in [2.75, 3.05) is 5.32 Å². The van der Waals surface area contributed by atoms with E-state index >= 15 is 0 Å². The minimum atomic E-state index is 0.0208. The van der Waals surface area contributed by atoms with Crippen molar-refractivity contribution in [3.05, 3.63) is 75.9 Å². The lowest BCUT2D eigenvalue weighted by atomic mass is 9.86. The summed E-state index contributed by atoms with van der Waals surface area (Å²) in [6.07, 6.45) is 0.440. The van der Waals surface area contributed by atoms with Gasteiger partial charge in [0, 0.05) is 22.4 Å². The number of anilines is 1. The van der Waals surface area contributed by atoms with Crippen molar-refractivity contribution >= 4 is 27.7 Å². The zero-order chi connectivity index (χ0) is 16.7. The molecule has 1 aromatic heterocycles. The Morgan fingerprint density at radius 2 is 1.83 bits per heavy atom. The molecule has 0 radical (unpaired) electrons. The summed E-state index contributed by atoms with van der Waals surface area (Å²) in [7, 11) is 0. The number of rotatable bonds is 2. The summed E-state index contributed by atoms with van der Waals surface area (Å²) in [5.74, 6) is 0.828. The average Bonchev–Trinajstić information content (AvgIpc) is 2.92. The Morgan fingerprint density at radius 1 is 1.12 bits per heavy atom. The maximum absolute atomic E-state index is 12.3. The minimum absolute atomic E-state index is 0.0208. The van der Waals surface area contributed by atoms with Crippen LogP contribution in [0.15, 0.2) is 59.1 Å². The number of hydrogen-bond donors (Lipinski definition) is 1. The van der Waals surface area contributed by atoms with Crippen molar-refractivity contribution in [2.24, 2.45) is 0 Å². The van der Waals surface area contributed by atoms with Gasteiger partial charge in [-0.1, -0.05) is 46.3 Å². The number of hydrogen-bond acceptors (Lipinski definition) is 2. The monoisotopic (exact) mass is 381 g/mol. The molecular formula is C19H16BrN3O. The highest BCUT2D eigenvalue weighted by molar-refractivity contribution is 9.10. The lowest BCUT2D eigenvalue weighted by Gasteiger charge is -2.24. The number of amides is 1. The smallest absolute Gasteiger partial charge is 0.226 e. The predicted octanol–water partition coefficient (Wildman–Crippen LogP) is 4.42. The summed E-state index contributed by atoms with van der Waals surface area (Å²) >= 11 is 3.47. The van der Waals surface area contributed by atoms with Gasteiger partial charge in [-0.3, -0.25) is 4.79 Å². The number of nitrogens with one attached hydrogen (secondary N) is 1. The first-order valence-electron chi connectivity index (χ1n) is 7.84. The molecule has 1 aliphatic heterocycles. The van der Waals surface area contributed by atoms with E-state index in [2.05, 4.69) is 38.5 Å². The maximum atomic E-state index is 12.3. The van der Waals surface area contributed by atoms with Crippen LogP contribution in [-0.4, -0.2) is 15.7 Å². The van der Waals surface area contributed by atoms with Gasteiger partial charge in [0.2, 0.25) is 5.91 Å². The molecule has 5 heteroatoms. The van der Waals surface area contributed by atoms with Crippen LogP contribution in [0.5, 0.6) is 0 Å². The van der Waals surface area contributed by atoms with Gasteiger partial charge in [0.15, 0.2) is 0 Å². The Bertz CT molecular complexity index is 900. The van der Waals surface area contributed by atoms with Crippen molar-refractivity contribution < 1.29 is 4.79 Å². The Morgan fingerprint density at radius 3 is 2.54 bits per heavy atom. The first kappa shape index (κ1) is 15.1. The number of para-hydroxylation sites is 1. The molecule has 0 saturated heterocycles. The van der Waals surface area contributed by atoms with Crippen molar-refractivity contribution in [3.63, 3.8) is 0 Å². The fourth-order valence-electron chi connectivity index (χ4n) is 3.28. The highest BCUT2D eigenvalue weighted by Gasteiger charge is 2.32. The second-order valence-electron chi connectivity index (χ2n) is 5.95. The molecule has 3 aromatic rings. The summed E-state index contributed by atoms with van der Waals surface area (Å²) in [5.41, 5.74) is 4.12. The SMILES string of the molecule is Cc1nn(-c2ccccc2)c2c1[C@@H](c1ccc(Br)cc1)CC(=O)N2. The third kappa shape index (κ3) is 2.55. The minimum Gasteiger partial charge on any atom is -0.310 e. The molecule has 2 heterocycles. The van der Waals surface area contributed by atoms with E-state index in [1.165, 1.54) is 0 Å². The molecule has 1 N–H and O–H groups in total. The standard InChI is InChI=1S/C19H16BrN3O/c1-12-18-16(13-7-9-14(20)10-8-13)11-17(24)21-19(18)23(22-12)15-5-3-2-4-6-15/h2-10,16H,11H2,1H3,(H,21,24)/t16-/m1/s1. The highest BCUT2D eigenvalue weighted by Crippen LogP contribution is 2.40. The van der Waals surface area contributed by atoms with Crippen LogP contribution in [0.4, 0.5) is 5.82 Å². The molecule has 1 aliphatic rings. The van der Waals surface area contributed by atoms with E-state index in [0.717, 1.165) is 32.8 Å². The number of nitrogens with zero attached hydrogens (tertiary/aromatic N) is 2. The van der Waals surface area contributed by atoms with Crippen LogP contribution in [0, 0.1) is 6.92 Å². The molecule has 0 unspecified atom stereocenters. The molecule has 120 valence electrons. The largest absolute Gasteiger partial charge is 0.310 e. The Kier molecular flexibility index (Phi) is 3.73. The summed E-state index contributed by atoms with van der Waals surface area (Å²) in [5, 5.41) is 7.69. The van der Waals surface area contributed by atoms with E-state index in [1.54, 1.807) is 0 Å². The van der Waals surface area contributed by atoms with E-state index in [9.17, 15) is 4.79 Å². The van der Waals surface area contributed by atoms with Gasteiger partial charge in [-0.2, -0.15) is 5.10 Å². The lowest BCUT2D eigenvalue weighted by molar-refractivity contribution is -0.116. The predicted molar refractivity (Wildman–Crippen MR) is 97.5 cm³/mol. The first-order valence-corrected chi connectivity index (χ1v) is 8.63. The van der Waals surface area contributed by atoms with Gasteiger partial charge in [0.1, 0.15) is 5.82 Å². The van der Waals surface area contributed by atoms with E-state index in [0.29, 0.717) is 6.42 Å². The molecule has 4 nitrogen and oxygen atoms in total. The first-order chi connectivity index (χ1) is 11.6. The van der Waals surface area contributed by atoms with Gasteiger partial charge in [-0.15, -0.1) is 0 Å². The van der Waals surface area contributed by atoms with Gasteiger partial charge in [0.25, 0.3) is 0 Å². The fraction of sp³-hybridized carbons (Fsp3) is 0.158. The molecular weight excluding hydrogens is 366 g/mol. The zero-order valence-corrected chi connectivity index (χ0v) is 14.7. The molecule has 0 fully saturated rings. The quantitative estimate of drug-likeness (QED) is 0.714. The van der Waals surface area contributed by atoms with E-state index in [-0.39, 0.29) is 11.8 Å². The van der Waals surface area contributed by atoms with E-state index in [1.807, 2.05) is 54.1 Å². The van der Waals surface area contributed by atoms with Gasteiger partial charge >= 0.3 is 0 Å². The zero-order valence-electron chi connectivity index (χ0n) is 13.2. The maximum Gasteiger partial charge on any atom is 0.226 e. The summed E-state index contributed by atoms with van der Waals surface area (Å²) in [6, 6.07) is 18.0. The fourth-order valence-corrected chi connectivity index (χ4v) is 3.55. The molecule has 0 bridgehead atoms. The second-order valence-corrected chi connectivity index (χ2v) is 6.87. The Hall–Kier alpha value is -2.40. The Labute approximate surface area is 148 Å². The van der Waals surface area contributed by atoms with Crippen LogP contribution < -0.4 is 5.32 Å². The molecule has 1 atom stereocenters. The molecule has 0 saturated carbocycles. The second kappa shape index (κ2) is 5.91. The van der Waals surface area contributed by atoms with E-state index < -0.39 is 0 Å².